The highest BCUT2D eigenvalue weighted by molar-refractivity contribution is 5.29. The Kier molecular flexibility index (Phi) is 9.22. The first-order chi connectivity index (χ1) is 13.8. The molecule has 158 valence electrons. The lowest BCUT2D eigenvalue weighted by Crippen LogP contribution is -2.20. The van der Waals surface area contributed by atoms with Gasteiger partial charge in [0.1, 0.15) is 5.75 Å². The van der Waals surface area contributed by atoms with Gasteiger partial charge in [0.25, 0.3) is 0 Å². The summed E-state index contributed by atoms with van der Waals surface area (Å²) in [6.45, 7) is 5.55. The van der Waals surface area contributed by atoms with Crippen molar-refractivity contribution in [1.29, 1.82) is 0 Å². The van der Waals surface area contributed by atoms with Crippen LogP contribution in [0.15, 0.2) is 24.3 Å². The van der Waals surface area contributed by atoms with E-state index in [4.69, 9.17) is 4.74 Å². The third-order valence-corrected chi connectivity index (χ3v) is 7.61. The first kappa shape index (κ1) is 21.7. The Morgan fingerprint density at radius 2 is 1.39 bits per heavy atom. The second-order valence-electron chi connectivity index (χ2n) is 9.66. The normalized spacial score (nSPS) is 28.2. The molecule has 2 atom stereocenters. The second kappa shape index (κ2) is 11.9. The van der Waals surface area contributed by atoms with Gasteiger partial charge >= 0.3 is 0 Å². The molecule has 1 nitrogen and oxygen atoms in total. The van der Waals surface area contributed by atoms with E-state index in [1.165, 1.54) is 95.5 Å². The Bertz CT molecular complexity index is 524. The zero-order chi connectivity index (χ0) is 19.6. The van der Waals surface area contributed by atoms with E-state index in [9.17, 15) is 0 Å². The molecule has 2 fully saturated rings. The first-order valence-corrected chi connectivity index (χ1v) is 12.5. The van der Waals surface area contributed by atoms with Crippen LogP contribution in [0.2, 0.25) is 0 Å². The van der Waals surface area contributed by atoms with Gasteiger partial charge in [-0.2, -0.15) is 0 Å². The van der Waals surface area contributed by atoms with Crippen molar-refractivity contribution in [3.05, 3.63) is 29.8 Å². The van der Waals surface area contributed by atoms with Crippen molar-refractivity contribution < 1.29 is 4.74 Å². The van der Waals surface area contributed by atoms with E-state index in [2.05, 4.69) is 38.1 Å². The van der Waals surface area contributed by atoms with E-state index in [1.807, 2.05) is 0 Å². The third-order valence-electron chi connectivity index (χ3n) is 7.61. The van der Waals surface area contributed by atoms with Crippen LogP contribution in [0.1, 0.15) is 115 Å². The number of benzene rings is 1. The summed E-state index contributed by atoms with van der Waals surface area (Å²) in [6, 6.07) is 9.10. The summed E-state index contributed by atoms with van der Waals surface area (Å²) >= 11 is 0. The fourth-order valence-corrected chi connectivity index (χ4v) is 5.98. The molecule has 1 aromatic carbocycles. The molecule has 28 heavy (non-hydrogen) atoms. The maximum absolute atomic E-state index is 6.08. The zero-order valence-electron chi connectivity index (χ0n) is 18.6. The van der Waals surface area contributed by atoms with E-state index < -0.39 is 0 Å². The molecule has 0 amide bonds. The van der Waals surface area contributed by atoms with Gasteiger partial charge in [0, 0.05) is 0 Å². The zero-order valence-corrected chi connectivity index (χ0v) is 18.6. The third kappa shape index (κ3) is 6.53. The topological polar surface area (TPSA) is 9.23 Å². The smallest absolute Gasteiger partial charge is 0.119 e. The molecule has 0 saturated heterocycles. The van der Waals surface area contributed by atoms with Crippen LogP contribution in [0.3, 0.4) is 0 Å². The average Bonchev–Trinajstić information content (AvgIpc) is 2.74. The molecule has 1 heteroatoms. The lowest BCUT2D eigenvalue weighted by molar-refractivity contribution is 0.193. The number of hydrogen-bond acceptors (Lipinski definition) is 1. The molecule has 0 aromatic heterocycles. The van der Waals surface area contributed by atoms with Crippen molar-refractivity contribution in [2.45, 2.75) is 110 Å². The SMILES string of the molecule is CCCC1CCC(c2ccc(OCCCC3CCCCC3CCC)cc2)CC1. The van der Waals surface area contributed by atoms with Crippen LogP contribution in [-0.4, -0.2) is 6.61 Å². The van der Waals surface area contributed by atoms with Crippen LogP contribution in [0.5, 0.6) is 5.75 Å². The van der Waals surface area contributed by atoms with Gasteiger partial charge in [-0.1, -0.05) is 77.3 Å². The molecular weight excluding hydrogens is 340 g/mol. The van der Waals surface area contributed by atoms with Crippen molar-refractivity contribution in [2.24, 2.45) is 17.8 Å². The molecule has 0 bridgehead atoms. The second-order valence-corrected chi connectivity index (χ2v) is 9.66. The Morgan fingerprint density at radius 1 is 0.750 bits per heavy atom. The van der Waals surface area contributed by atoms with Crippen molar-refractivity contribution in [1.82, 2.24) is 0 Å². The van der Waals surface area contributed by atoms with E-state index >= 15 is 0 Å². The molecule has 3 rings (SSSR count). The first-order valence-electron chi connectivity index (χ1n) is 12.5. The summed E-state index contributed by atoms with van der Waals surface area (Å²) in [5.74, 6) is 4.79. The Hall–Kier alpha value is -0.980. The van der Waals surface area contributed by atoms with E-state index in [-0.39, 0.29) is 0 Å². The highest BCUT2D eigenvalue weighted by Crippen LogP contribution is 2.38. The van der Waals surface area contributed by atoms with Gasteiger partial charge in [-0.15, -0.1) is 0 Å². The summed E-state index contributed by atoms with van der Waals surface area (Å²) in [5, 5.41) is 0. The van der Waals surface area contributed by atoms with Crippen molar-refractivity contribution >= 4 is 0 Å². The van der Waals surface area contributed by atoms with Crippen LogP contribution in [0, 0.1) is 17.8 Å². The summed E-state index contributed by atoms with van der Waals surface area (Å²) in [6.07, 6.45) is 19.6. The largest absolute Gasteiger partial charge is 0.494 e. The number of rotatable bonds is 10. The lowest BCUT2D eigenvalue weighted by Gasteiger charge is -2.31. The van der Waals surface area contributed by atoms with Crippen LogP contribution < -0.4 is 4.74 Å². The van der Waals surface area contributed by atoms with Crippen molar-refractivity contribution in [3.8, 4) is 5.75 Å². The van der Waals surface area contributed by atoms with Gasteiger partial charge in [0.05, 0.1) is 6.61 Å². The molecular formula is C27H44O. The maximum atomic E-state index is 6.08. The molecule has 1 aromatic rings. The summed E-state index contributed by atoms with van der Waals surface area (Å²) in [5.41, 5.74) is 1.53. The summed E-state index contributed by atoms with van der Waals surface area (Å²) in [4.78, 5) is 0. The molecule has 0 radical (unpaired) electrons. The van der Waals surface area contributed by atoms with E-state index in [1.54, 1.807) is 0 Å². The van der Waals surface area contributed by atoms with Gasteiger partial charge in [-0.3, -0.25) is 0 Å². The number of hydrogen-bond donors (Lipinski definition) is 0. The Balaban J connectivity index is 1.36. The molecule has 2 aliphatic rings. The quantitative estimate of drug-likeness (QED) is 0.367. The van der Waals surface area contributed by atoms with Crippen LogP contribution in [-0.2, 0) is 0 Å². The maximum Gasteiger partial charge on any atom is 0.119 e. The minimum Gasteiger partial charge on any atom is -0.494 e. The standard InChI is InChI=1S/C27H44O/c1-3-8-22-13-15-25(16-14-22)26-17-19-27(20-18-26)28-21-7-12-24-11-6-5-10-23(24)9-4-2/h17-20,22-25H,3-16,21H2,1-2H3. The monoisotopic (exact) mass is 384 g/mol. The molecule has 0 heterocycles. The van der Waals surface area contributed by atoms with Gasteiger partial charge in [-0.25, -0.2) is 0 Å². The molecule has 0 aliphatic heterocycles. The van der Waals surface area contributed by atoms with Crippen molar-refractivity contribution in [3.63, 3.8) is 0 Å². The molecule has 2 saturated carbocycles. The van der Waals surface area contributed by atoms with E-state index in [0.29, 0.717) is 0 Å². The minimum atomic E-state index is 0.781. The minimum absolute atomic E-state index is 0.781. The highest BCUT2D eigenvalue weighted by atomic mass is 16.5. The molecule has 0 N–H and O–H groups in total. The predicted octanol–water partition coefficient (Wildman–Crippen LogP) is 8.53. The Labute approximate surface area is 174 Å². The van der Waals surface area contributed by atoms with Gasteiger partial charge in [-0.05, 0) is 79.9 Å². The predicted molar refractivity (Wildman–Crippen MR) is 121 cm³/mol. The van der Waals surface area contributed by atoms with Crippen molar-refractivity contribution in [2.75, 3.05) is 6.61 Å². The molecule has 0 spiro atoms. The highest BCUT2D eigenvalue weighted by Gasteiger charge is 2.24. The van der Waals surface area contributed by atoms with Crippen LogP contribution in [0.25, 0.3) is 0 Å². The van der Waals surface area contributed by atoms with Gasteiger partial charge in [0.15, 0.2) is 0 Å². The van der Waals surface area contributed by atoms with E-state index in [0.717, 1.165) is 36.0 Å². The van der Waals surface area contributed by atoms with Gasteiger partial charge in [0.2, 0.25) is 0 Å². The number of ether oxygens (including phenoxy) is 1. The fourth-order valence-electron chi connectivity index (χ4n) is 5.98. The fraction of sp³-hybridized carbons (Fsp3) is 0.778. The summed E-state index contributed by atoms with van der Waals surface area (Å²) < 4.78 is 6.08. The van der Waals surface area contributed by atoms with Gasteiger partial charge < -0.3 is 4.74 Å². The molecule has 2 unspecified atom stereocenters. The Morgan fingerprint density at radius 3 is 2.04 bits per heavy atom. The lowest BCUT2D eigenvalue weighted by atomic mass is 9.75. The molecule has 2 aliphatic carbocycles. The van der Waals surface area contributed by atoms with Crippen LogP contribution in [0.4, 0.5) is 0 Å². The average molecular weight is 385 g/mol. The summed E-state index contributed by atoms with van der Waals surface area (Å²) in [7, 11) is 0. The van der Waals surface area contributed by atoms with Crippen LogP contribution >= 0.6 is 0 Å².